The summed E-state index contributed by atoms with van der Waals surface area (Å²) in [7, 11) is 1.65. The van der Waals surface area contributed by atoms with Crippen molar-refractivity contribution in [1.29, 1.82) is 0 Å². The van der Waals surface area contributed by atoms with E-state index in [2.05, 4.69) is 56.2 Å². The van der Waals surface area contributed by atoms with Gasteiger partial charge < -0.3 is 20.0 Å². The quantitative estimate of drug-likeness (QED) is 0.167. The Labute approximate surface area is 209 Å². The standard InChI is InChI=1S/C25H24Br2N2O4/c1-4-15(2)19-14-18(10-11-22(19)32-3)33-24-20(26)12-16(13-21(24)27)23(29-31)25(30)28-17-8-6-5-7-9-17/h5-15,31H,4H2,1-3H3,(H,28,30)/b29-23+. The molecule has 1 amide bonds. The predicted octanol–water partition coefficient (Wildman–Crippen LogP) is 7.34. The van der Waals surface area contributed by atoms with Gasteiger partial charge in [0.25, 0.3) is 5.91 Å². The summed E-state index contributed by atoms with van der Waals surface area (Å²) in [5, 5.41) is 15.5. The molecule has 0 spiro atoms. The third-order valence-electron chi connectivity index (χ3n) is 5.18. The van der Waals surface area contributed by atoms with E-state index in [1.54, 1.807) is 43.5 Å². The molecular weight excluding hydrogens is 552 g/mol. The van der Waals surface area contributed by atoms with Crippen LogP contribution in [0.5, 0.6) is 17.2 Å². The average molecular weight is 576 g/mol. The second-order valence-corrected chi connectivity index (χ2v) is 9.06. The first-order chi connectivity index (χ1) is 15.9. The molecule has 8 heteroatoms. The minimum Gasteiger partial charge on any atom is -0.496 e. The van der Waals surface area contributed by atoms with E-state index in [0.717, 1.165) is 17.7 Å². The number of nitrogens with one attached hydrogen (secondary N) is 1. The number of rotatable bonds is 8. The summed E-state index contributed by atoms with van der Waals surface area (Å²) in [6.07, 6.45) is 0.968. The molecular formula is C25H24Br2N2O4. The van der Waals surface area contributed by atoms with Crippen molar-refractivity contribution in [2.75, 3.05) is 12.4 Å². The summed E-state index contributed by atoms with van der Waals surface area (Å²) in [6.45, 7) is 4.26. The fourth-order valence-electron chi connectivity index (χ4n) is 3.24. The summed E-state index contributed by atoms with van der Waals surface area (Å²) in [5.74, 6) is 1.77. The highest BCUT2D eigenvalue weighted by molar-refractivity contribution is 9.11. The van der Waals surface area contributed by atoms with Crippen LogP contribution < -0.4 is 14.8 Å². The maximum absolute atomic E-state index is 12.7. The normalized spacial score (nSPS) is 12.2. The van der Waals surface area contributed by atoms with Gasteiger partial charge in [-0.1, -0.05) is 37.2 Å². The Morgan fingerprint density at radius 2 is 1.76 bits per heavy atom. The fourth-order valence-corrected chi connectivity index (χ4v) is 4.59. The second-order valence-electron chi connectivity index (χ2n) is 7.35. The van der Waals surface area contributed by atoms with Crippen LogP contribution in [0, 0.1) is 0 Å². The Hall–Kier alpha value is -2.84. The van der Waals surface area contributed by atoms with Gasteiger partial charge in [-0.3, -0.25) is 4.79 Å². The number of ether oxygens (including phenoxy) is 2. The van der Waals surface area contributed by atoms with Gasteiger partial charge in [-0.2, -0.15) is 0 Å². The van der Waals surface area contributed by atoms with E-state index in [-0.39, 0.29) is 5.71 Å². The van der Waals surface area contributed by atoms with Crippen LogP contribution in [0.1, 0.15) is 37.3 Å². The van der Waals surface area contributed by atoms with Gasteiger partial charge >= 0.3 is 0 Å². The lowest BCUT2D eigenvalue weighted by Gasteiger charge is -2.17. The monoisotopic (exact) mass is 574 g/mol. The predicted molar refractivity (Wildman–Crippen MR) is 137 cm³/mol. The molecule has 6 nitrogen and oxygen atoms in total. The molecule has 1 unspecified atom stereocenters. The van der Waals surface area contributed by atoms with Crippen molar-refractivity contribution in [1.82, 2.24) is 0 Å². The highest BCUT2D eigenvalue weighted by Crippen LogP contribution is 2.40. The van der Waals surface area contributed by atoms with Crippen LogP contribution >= 0.6 is 31.9 Å². The molecule has 0 aliphatic carbocycles. The molecule has 0 heterocycles. The van der Waals surface area contributed by atoms with Crippen molar-refractivity contribution >= 4 is 49.2 Å². The SMILES string of the molecule is CCC(C)c1cc(Oc2c(Br)cc(/C(=N\O)C(=O)Nc3ccccc3)cc2Br)ccc1OC. The highest BCUT2D eigenvalue weighted by Gasteiger charge is 2.20. The van der Waals surface area contributed by atoms with Crippen LogP contribution in [0.3, 0.4) is 0 Å². The summed E-state index contributed by atoms with van der Waals surface area (Å²) >= 11 is 7.02. The molecule has 0 aromatic heterocycles. The number of para-hydroxylation sites is 1. The Morgan fingerprint density at radius 1 is 1.09 bits per heavy atom. The zero-order valence-corrected chi connectivity index (χ0v) is 21.6. The smallest absolute Gasteiger partial charge is 0.278 e. The van der Waals surface area contributed by atoms with Crippen LogP contribution in [0.4, 0.5) is 5.69 Å². The number of amides is 1. The van der Waals surface area contributed by atoms with Gasteiger partial charge in [-0.05, 0) is 86.7 Å². The van der Waals surface area contributed by atoms with Crippen LogP contribution in [-0.4, -0.2) is 23.9 Å². The van der Waals surface area contributed by atoms with E-state index in [1.165, 1.54) is 0 Å². The molecule has 172 valence electrons. The van der Waals surface area contributed by atoms with E-state index in [4.69, 9.17) is 9.47 Å². The largest absolute Gasteiger partial charge is 0.496 e. The van der Waals surface area contributed by atoms with Crippen molar-refractivity contribution in [2.45, 2.75) is 26.2 Å². The van der Waals surface area contributed by atoms with Crippen molar-refractivity contribution < 1.29 is 19.5 Å². The van der Waals surface area contributed by atoms with Gasteiger partial charge in [0.1, 0.15) is 11.5 Å². The molecule has 0 saturated heterocycles. The summed E-state index contributed by atoms with van der Waals surface area (Å²) in [5.41, 5.74) is 1.94. The molecule has 0 radical (unpaired) electrons. The number of hydrogen-bond acceptors (Lipinski definition) is 5. The van der Waals surface area contributed by atoms with Crippen LogP contribution in [0.15, 0.2) is 74.8 Å². The Balaban J connectivity index is 1.88. The second kappa shape index (κ2) is 11.3. The van der Waals surface area contributed by atoms with Crippen molar-refractivity contribution in [2.24, 2.45) is 5.16 Å². The average Bonchev–Trinajstić information content (AvgIpc) is 2.82. The number of hydrogen-bond donors (Lipinski definition) is 2. The van der Waals surface area contributed by atoms with Gasteiger partial charge in [-0.25, -0.2) is 0 Å². The maximum atomic E-state index is 12.7. The van der Waals surface area contributed by atoms with Crippen molar-refractivity contribution in [3.05, 3.63) is 80.7 Å². The van der Waals surface area contributed by atoms with Crippen molar-refractivity contribution in [3.63, 3.8) is 0 Å². The zero-order chi connectivity index (χ0) is 24.0. The molecule has 3 aromatic carbocycles. The van der Waals surface area contributed by atoms with Crippen molar-refractivity contribution in [3.8, 4) is 17.2 Å². The molecule has 0 saturated carbocycles. The Bertz CT molecular complexity index is 1140. The van der Waals surface area contributed by atoms with E-state index >= 15 is 0 Å². The molecule has 3 aromatic rings. The van der Waals surface area contributed by atoms with Crippen LogP contribution in [0.25, 0.3) is 0 Å². The lowest BCUT2D eigenvalue weighted by Crippen LogP contribution is -2.24. The number of benzene rings is 3. The molecule has 0 bridgehead atoms. The Kier molecular flexibility index (Phi) is 8.52. The van der Waals surface area contributed by atoms with Gasteiger partial charge in [0, 0.05) is 16.8 Å². The molecule has 33 heavy (non-hydrogen) atoms. The van der Waals surface area contributed by atoms with Gasteiger partial charge in [0.05, 0.1) is 16.1 Å². The number of halogens is 2. The summed E-state index contributed by atoms with van der Waals surface area (Å²) in [6, 6.07) is 18.0. The number of nitrogens with zero attached hydrogens (tertiary/aromatic N) is 1. The van der Waals surface area contributed by atoms with E-state index < -0.39 is 5.91 Å². The first-order valence-corrected chi connectivity index (χ1v) is 11.9. The fraction of sp³-hybridized carbons (Fsp3) is 0.200. The molecule has 0 fully saturated rings. The lowest BCUT2D eigenvalue weighted by molar-refractivity contribution is -0.110. The maximum Gasteiger partial charge on any atom is 0.278 e. The minimum absolute atomic E-state index is 0.129. The molecule has 0 aliphatic rings. The van der Waals surface area contributed by atoms with Crippen LogP contribution in [-0.2, 0) is 4.79 Å². The highest BCUT2D eigenvalue weighted by atomic mass is 79.9. The number of methoxy groups -OCH3 is 1. The molecule has 3 rings (SSSR count). The van der Waals surface area contributed by atoms with E-state index in [9.17, 15) is 10.0 Å². The minimum atomic E-state index is -0.537. The zero-order valence-electron chi connectivity index (χ0n) is 18.4. The topological polar surface area (TPSA) is 80.2 Å². The van der Waals surface area contributed by atoms with E-state index in [1.807, 2.05) is 24.3 Å². The third kappa shape index (κ3) is 5.94. The van der Waals surface area contributed by atoms with Gasteiger partial charge in [0.2, 0.25) is 0 Å². The molecule has 2 N–H and O–H groups in total. The first kappa shape index (κ1) is 24.8. The number of oxime groups is 1. The van der Waals surface area contributed by atoms with Crippen LogP contribution in [0.2, 0.25) is 0 Å². The molecule has 1 atom stereocenters. The number of carbonyl (C=O) groups excluding carboxylic acids is 1. The number of carbonyl (C=O) groups is 1. The Morgan fingerprint density at radius 3 is 2.33 bits per heavy atom. The summed E-state index contributed by atoms with van der Waals surface area (Å²) in [4.78, 5) is 12.7. The van der Waals surface area contributed by atoms with Gasteiger partial charge in [-0.15, -0.1) is 0 Å². The summed E-state index contributed by atoms with van der Waals surface area (Å²) < 4.78 is 12.8. The first-order valence-electron chi connectivity index (χ1n) is 10.3. The third-order valence-corrected chi connectivity index (χ3v) is 6.36. The van der Waals surface area contributed by atoms with Gasteiger partial charge in [0.15, 0.2) is 11.5 Å². The lowest BCUT2D eigenvalue weighted by atomic mass is 9.97. The number of anilines is 1. The van der Waals surface area contributed by atoms with E-state index in [0.29, 0.717) is 37.6 Å². The molecule has 0 aliphatic heterocycles.